The maximum absolute atomic E-state index is 4.59. The largest absolute Gasteiger partial charge is 0.338 e. The fourth-order valence-electron chi connectivity index (χ4n) is 2.32. The number of nitrogens with zero attached hydrogens (tertiary/aromatic N) is 3. The third kappa shape index (κ3) is 3.22. The van der Waals surface area contributed by atoms with Crippen LogP contribution in [0.4, 0.5) is 0 Å². The van der Waals surface area contributed by atoms with E-state index < -0.39 is 0 Å². The van der Waals surface area contributed by atoms with Crippen LogP contribution in [0.5, 0.6) is 0 Å². The molecule has 0 aliphatic heterocycles. The van der Waals surface area contributed by atoms with Crippen molar-refractivity contribution in [1.82, 2.24) is 20.2 Å². The summed E-state index contributed by atoms with van der Waals surface area (Å²) >= 11 is 7.38. The van der Waals surface area contributed by atoms with Gasteiger partial charge in [-0.05, 0) is 58.5 Å². The van der Waals surface area contributed by atoms with Crippen LogP contribution in [-0.4, -0.2) is 20.2 Å². The molecule has 0 aliphatic rings. The molecule has 1 N–H and O–H groups in total. The lowest BCUT2D eigenvalue weighted by molar-refractivity contribution is 0.878. The van der Waals surface area contributed by atoms with E-state index in [2.05, 4.69) is 83.0 Å². The van der Waals surface area contributed by atoms with Crippen molar-refractivity contribution in [2.24, 2.45) is 0 Å². The molecule has 2 heterocycles. The topological polar surface area (TPSA) is 54.5 Å². The summed E-state index contributed by atoms with van der Waals surface area (Å²) in [7, 11) is 0. The Kier molecular flexibility index (Phi) is 4.25. The van der Waals surface area contributed by atoms with Crippen LogP contribution >= 0.6 is 50.3 Å². The number of rotatable bonds is 3. The number of aromatic nitrogens is 4. The smallest absolute Gasteiger partial charge is 0.211 e. The fourth-order valence-corrected chi connectivity index (χ4v) is 3.79. The van der Waals surface area contributed by atoms with E-state index in [1.54, 1.807) is 11.8 Å². The zero-order valence-corrected chi connectivity index (χ0v) is 16.3. The highest BCUT2D eigenvalue weighted by molar-refractivity contribution is 14.1. The Balaban J connectivity index is 1.63. The molecule has 0 aliphatic carbocycles. The quantitative estimate of drug-likeness (QED) is 0.314. The van der Waals surface area contributed by atoms with E-state index in [0.29, 0.717) is 5.16 Å². The molecule has 4 nitrogen and oxygen atoms in total. The van der Waals surface area contributed by atoms with Gasteiger partial charge < -0.3 is 4.98 Å². The summed E-state index contributed by atoms with van der Waals surface area (Å²) in [5, 5.41) is 10.3. The average Bonchev–Trinajstić information content (AvgIpc) is 2.90. The number of H-pyrrole nitrogens is 1. The molecule has 0 amide bonds. The van der Waals surface area contributed by atoms with Crippen LogP contribution in [0.3, 0.4) is 0 Å². The Labute approximate surface area is 158 Å². The molecule has 0 saturated carbocycles. The predicted molar refractivity (Wildman–Crippen MR) is 106 cm³/mol. The van der Waals surface area contributed by atoms with Crippen LogP contribution in [-0.2, 0) is 5.75 Å². The highest BCUT2D eigenvalue weighted by atomic mass is 127. The Morgan fingerprint density at radius 3 is 2.74 bits per heavy atom. The minimum absolute atomic E-state index is 0.682. The van der Waals surface area contributed by atoms with Gasteiger partial charge in [0.25, 0.3) is 0 Å². The van der Waals surface area contributed by atoms with Gasteiger partial charge in [-0.3, -0.25) is 0 Å². The molecule has 4 rings (SSSR count). The maximum Gasteiger partial charge on any atom is 0.211 e. The molecule has 0 fully saturated rings. The van der Waals surface area contributed by atoms with Crippen molar-refractivity contribution >= 4 is 72.3 Å². The zero-order chi connectivity index (χ0) is 15.8. The molecule has 0 unspecified atom stereocenters. The summed E-state index contributed by atoms with van der Waals surface area (Å²) in [5.74, 6) is 0.829. The number of hydrogen-bond acceptors (Lipinski definition) is 4. The highest BCUT2D eigenvalue weighted by Crippen LogP contribution is 2.27. The summed E-state index contributed by atoms with van der Waals surface area (Å²) in [6.07, 6.45) is 0. The summed E-state index contributed by atoms with van der Waals surface area (Å²) < 4.78 is 2.26. The molecule has 7 heteroatoms. The SMILES string of the molecule is Brc1ccc2c(c1)[nH]c1nc(SCc3ccc(I)cc3)nnc12. The lowest BCUT2D eigenvalue weighted by Gasteiger charge is -2.00. The zero-order valence-electron chi connectivity index (χ0n) is 11.8. The van der Waals surface area contributed by atoms with Crippen LogP contribution in [0.25, 0.3) is 22.1 Å². The first-order chi connectivity index (χ1) is 11.2. The van der Waals surface area contributed by atoms with Crippen molar-refractivity contribution in [2.45, 2.75) is 10.9 Å². The van der Waals surface area contributed by atoms with E-state index in [-0.39, 0.29) is 0 Å². The van der Waals surface area contributed by atoms with Crippen LogP contribution in [0.2, 0.25) is 0 Å². The average molecular weight is 497 g/mol. The van der Waals surface area contributed by atoms with Gasteiger partial charge in [0.05, 0.1) is 5.52 Å². The summed E-state index contributed by atoms with van der Waals surface area (Å²) in [6.45, 7) is 0. The third-order valence-corrected chi connectivity index (χ3v) is 5.56. The van der Waals surface area contributed by atoms with Crippen LogP contribution < -0.4 is 0 Å². The first-order valence-corrected chi connectivity index (χ1v) is 9.74. The van der Waals surface area contributed by atoms with Crippen LogP contribution in [0.1, 0.15) is 5.56 Å². The number of aromatic amines is 1. The first kappa shape index (κ1) is 15.3. The van der Waals surface area contributed by atoms with Gasteiger partial charge in [-0.15, -0.1) is 10.2 Å². The molecule has 2 aromatic carbocycles. The van der Waals surface area contributed by atoms with Gasteiger partial charge in [0.15, 0.2) is 5.65 Å². The van der Waals surface area contributed by atoms with Crippen molar-refractivity contribution in [3.63, 3.8) is 0 Å². The van der Waals surface area contributed by atoms with E-state index in [1.165, 1.54) is 9.13 Å². The van der Waals surface area contributed by atoms with Gasteiger partial charge >= 0.3 is 0 Å². The molecule has 0 saturated heterocycles. The Morgan fingerprint density at radius 2 is 1.91 bits per heavy atom. The number of hydrogen-bond donors (Lipinski definition) is 1. The molecular formula is C16H10BrIN4S. The predicted octanol–water partition coefficient (Wildman–Crippen LogP) is 5.17. The second-order valence-electron chi connectivity index (χ2n) is 5.02. The number of benzene rings is 2. The van der Waals surface area contributed by atoms with E-state index in [1.807, 2.05) is 18.2 Å². The van der Waals surface area contributed by atoms with E-state index in [0.717, 1.165) is 32.3 Å². The number of thioether (sulfide) groups is 1. The lowest BCUT2D eigenvalue weighted by Crippen LogP contribution is -1.92. The normalized spacial score (nSPS) is 11.4. The lowest BCUT2D eigenvalue weighted by atomic mass is 10.2. The minimum atomic E-state index is 0.682. The summed E-state index contributed by atoms with van der Waals surface area (Å²) in [6, 6.07) is 14.5. The van der Waals surface area contributed by atoms with Crippen molar-refractivity contribution in [2.75, 3.05) is 0 Å². The number of nitrogens with one attached hydrogen (secondary N) is 1. The molecule has 0 atom stereocenters. The van der Waals surface area contributed by atoms with Gasteiger partial charge in [-0.25, -0.2) is 4.98 Å². The molecule has 0 radical (unpaired) electrons. The number of halogens is 2. The first-order valence-electron chi connectivity index (χ1n) is 6.88. The van der Waals surface area contributed by atoms with Crippen LogP contribution in [0, 0.1) is 3.57 Å². The fraction of sp³-hybridized carbons (Fsp3) is 0.0625. The Hall–Kier alpha value is -1.19. The van der Waals surface area contributed by atoms with Gasteiger partial charge in [0.1, 0.15) is 5.52 Å². The summed E-state index contributed by atoms with van der Waals surface area (Å²) in [4.78, 5) is 7.90. The van der Waals surface area contributed by atoms with Gasteiger partial charge in [0, 0.05) is 19.2 Å². The van der Waals surface area contributed by atoms with Gasteiger partial charge in [0.2, 0.25) is 5.16 Å². The summed E-state index contributed by atoms with van der Waals surface area (Å²) in [5.41, 5.74) is 3.85. The molecule has 114 valence electrons. The Bertz CT molecular complexity index is 1000. The molecule has 0 spiro atoms. The standard InChI is InChI=1S/C16H10BrIN4S/c17-10-3-6-12-13(7-10)19-15-14(12)21-22-16(20-15)23-8-9-1-4-11(18)5-2-9/h1-7H,8H2,(H,19,20,22). The molecular weight excluding hydrogens is 487 g/mol. The van der Waals surface area contributed by atoms with Gasteiger partial charge in [-0.1, -0.05) is 39.8 Å². The number of fused-ring (bicyclic) bond motifs is 3. The molecule has 23 heavy (non-hydrogen) atoms. The maximum atomic E-state index is 4.59. The molecule has 2 aromatic heterocycles. The van der Waals surface area contributed by atoms with Gasteiger partial charge in [-0.2, -0.15) is 0 Å². The Morgan fingerprint density at radius 1 is 1.09 bits per heavy atom. The van der Waals surface area contributed by atoms with Crippen molar-refractivity contribution in [1.29, 1.82) is 0 Å². The van der Waals surface area contributed by atoms with E-state index >= 15 is 0 Å². The minimum Gasteiger partial charge on any atom is -0.338 e. The van der Waals surface area contributed by atoms with E-state index in [4.69, 9.17) is 0 Å². The third-order valence-electron chi connectivity index (χ3n) is 3.44. The highest BCUT2D eigenvalue weighted by Gasteiger charge is 2.09. The molecule has 4 aromatic rings. The van der Waals surface area contributed by atoms with E-state index in [9.17, 15) is 0 Å². The van der Waals surface area contributed by atoms with Crippen LogP contribution in [0.15, 0.2) is 52.1 Å². The van der Waals surface area contributed by atoms with Crippen molar-refractivity contribution < 1.29 is 0 Å². The second kappa shape index (κ2) is 6.37. The molecule has 0 bridgehead atoms. The second-order valence-corrected chi connectivity index (χ2v) is 8.13. The van der Waals surface area contributed by atoms with Crippen molar-refractivity contribution in [3.8, 4) is 0 Å². The van der Waals surface area contributed by atoms with Crippen molar-refractivity contribution in [3.05, 3.63) is 56.1 Å². The monoisotopic (exact) mass is 496 g/mol.